The van der Waals surface area contributed by atoms with E-state index in [0.29, 0.717) is 18.7 Å². The number of carbonyl (C=O) groups is 1. The van der Waals surface area contributed by atoms with Crippen LogP contribution in [0.2, 0.25) is 0 Å². The molecule has 1 aromatic carbocycles. The molecule has 2 N–H and O–H groups in total. The summed E-state index contributed by atoms with van der Waals surface area (Å²) in [5, 5.41) is 0. The van der Waals surface area contributed by atoms with Crippen molar-refractivity contribution >= 4 is 6.09 Å². The number of benzene rings is 1. The van der Waals surface area contributed by atoms with E-state index in [1.54, 1.807) is 18.2 Å². The van der Waals surface area contributed by atoms with Crippen molar-refractivity contribution in [3.05, 3.63) is 35.6 Å². The van der Waals surface area contributed by atoms with E-state index >= 15 is 0 Å². The molecule has 1 atom stereocenters. The van der Waals surface area contributed by atoms with E-state index in [2.05, 4.69) is 0 Å². The fourth-order valence-electron chi connectivity index (χ4n) is 2.03. The molecule has 4 nitrogen and oxygen atoms in total. The third-order valence-electron chi connectivity index (χ3n) is 3.00. The van der Waals surface area contributed by atoms with Gasteiger partial charge in [-0.2, -0.15) is 0 Å². The number of nitrogens with two attached hydrogens (primary N) is 1. The zero-order valence-corrected chi connectivity index (χ0v) is 10.1. The Labute approximate surface area is 106 Å². The topological polar surface area (TPSA) is 55.6 Å². The van der Waals surface area contributed by atoms with E-state index in [9.17, 15) is 9.18 Å². The van der Waals surface area contributed by atoms with Crippen LogP contribution >= 0.6 is 0 Å². The first kappa shape index (κ1) is 12.8. The Morgan fingerprint density at radius 3 is 2.94 bits per heavy atom. The second-order valence-electron chi connectivity index (χ2n) is 4.41. The van der Waals surface area contributed by atoms with Gasteiger partial charge in [-0.3, -0.25) is 0 Å². The monoisotopic (exact) mass is 252 g/mol. The number of halogens is 1. The zero-order valence-electron chi connectivity index (χ0n) is 10.1. The summed E-state index contributed by atoms with van der Waals surface area (Å²) in [6.07, 6.45) is 1.09. The molecule has 2 rings (SSSR count). The second kappa shape index (κ2) is 5.82. The van der Waals surface area contributed by atoms with Crippen molar-refractivity contribution in [1.82, 2.24) is 4.90 Å². The predicted molar refractivity (Wildman–Crippen MR) is 65.4 cm³/mol. The maximum absolute atomic E-state index is 13.5. The van der Waals surface area contributed by atoms with Gasteiger partial charge >= 0.3 is 6.09 Å². The van der Waals surface area contributed by atoms with E-state index < -0.39 is 0 Å². The number of hydrogen-bond donors (Lipinski definition) is 1. The van der Waals surface area contributed by atoms with E-state index in [1.807, 2.05) is 0 Å². The molecule has 0 spiro atoms. The lowest BCUT2D eigenvalue weighted by atomic mass is 10.1. The van der Waals surface area contributed by atoms with Crippen LogP contribution < -0.4 is 5.73 Å². The molecule has 0 aliphatic carbocycles. The molecule has 0 bridgehead atoms. The molecule has 5 heteroatoms. The summed E-state index contributed by atoms with van der Waals surface area (Å²) in [5.74, 6) is -0.296. The van der Waals surface area contributed by atoms with Crippen LogP contribution in [0.15, 0.2) is 24.3 Å². The third kappa shape index (κ3) is 2.98. The number of nitrogens with zero attached hydrogens (tertiary/aromatic N) is 1. The summed E-state index contributed by atoms with van der Waals surface area (Å²) in [7, 11) is 0. The molecule has 1 fully saturated rings. The Balaban J connectivity index is 1.94. The van der Waals surface area contributed by atoms with Crippen molar-refractivity contribution in [3.8, 4) is 0 Å². The molecule has 1 aliphatic heterocycles. The van der Waals surface area contributed by atoms with Gasteiger partial charge in [-0.05, 0) is 25.5 Å². The van der Waals surface area contributed by atoms with Gasteiger partial charge in [-0.1, -0.05) is 18.2 Å². The van der Waals surface area contributed by atoms with Gasteiger partial charge in [-0.15, -0.1) is 0 Å². The Kier molecular flexibility index (Phi) is 4.15. The van der Waals surface area contributed by atoms with Gasteiger partial charge in [0.05, 0.1) is 13.1 Å². The smallest absolute Gasteiger partial charge is 0.410 e. The fourth-order valence-corrected chi connectivity index (χ4v) is 2.03. The van der Waals surface area contributed by atoms with E-state index in [-0.39, 0.29) is 24.6 Å². The first-order chi connectivity index (χ1) is 8.70. The summed E-state index contributed by atoms with van der Waals surface area (Å²) in [5.41, 5.74) is 5.92. The lowest BCUT2D eigenvalue weighted by Crippen LogP contribution is -2.25. The molecule has 1 aliphatic rings. The number of amides is 1. The van der Waals surface area contributed by atoms with Crippen LogP contribution in [-0.2, 0) is 11.3 Å². The van der Waals surface area contributed by atoms with Crippen LogP contribution in [0.1, 0.15) is 18.4 Å². The first-order valence-corrected chi connectivity index (χ1v) is 6.09. The van der Waals surface area contributed by atoms with Crippen LogP contribution in [0, 0.1) is 5.82 Å². The van der Waals surface area contributed by atoms with Gasteiger partial charge in [-0.25, -0.2) is 9.18 Å². The molecular weight excluding hydrogens is 235 g/mol. The highest BCUT2D eigenvalue weighted by Gasteiger charge is 2.30. The molecule has 98 valence electrons. The number of carbonyl (C=O) groups excluding carboxylic acids is 1. The average Bonchev–Trinajstić information content (AvgIpc) is 2.70. The average molecular weight is 252 g/mol. The van der Waals surface area contributed by atoms with Crippen molar-refractivity contribution < 1.29 is 13.9 Å². The standard InChI is InChI=1S/C13H17FN2O2/c14-12-6-2-1-4-10(12)8-16-9-11(5-3-7-15)18-13(16)17/h1-2,4,6,11H,3,5,7-9,15H2. The van der Waals surface area contributed by atoms with Gasteiger partial charge in [0.25, 0.3) is 0 Å². The highest BCUT2D eigenvalue weighted by atomic mass is 19.1. The first-order valence-electron chi connectivity index (χ1n) is 6.09. The Bertz CT molecular complexity index is 425. The van der Waals surface area contributed by atoms with Gasteiger partial charge in [0, 0.05) is 5.56 Å². The summed E-state index contributed by atoms with van der Waals surface area (Å²) < 4.78 is 18.7. The minimum Gasteiger partial charge on any atom is -0.444 e. The van der Waals surface area contributed by atoms with Crippen molar-refractivity contribution in [3.63, 3.8) is 0 Å². The van der Waals surface area contributed by atoms with Crippen LogP contribution in [0.25, 0.3) is 0 Å². The van der Waals surface area contributed by atoms with Crippen LogP contribution in [-0.4, -0.2) is 30.2 Å². The van der Waals surface area contributed by atoms with Gasteiger partial charge < -0.3 is 15.4 Å². The zero-order chi connectivity index (χ0) is 13.0. The van der Waals surface area contributed by atoms with Crippen molar-refractivity contribution in [2.24, 2.45) is 5.73 Å². The highest BCUT2D eigenvalue weighted by molar-refractivity contribution is 5.69. The summed E-state index contributed by atoms with van der Waals surface area (Å²) >= 11 is 0. The van der Waals surface area contributed by atoms with E-state index in [0.717, 1.165) is 12.8 Å². The van der Waals surface area contributed by atoms with Gasteiger partial charge in [0.15, 0.2) is 0 Å². The van der Waals surface area contributed by atoms with Crippen LogP contribution in [0.5, 0.6) is 0 Å². The number of ether oxygens (including phenoxy) is 1. The molecule has 0 saturated carbocycles. The maximum atomic E-state index is 13.5. The molecule has 1 saturated heterocycles. The van der Waals surface area contributed by atoms with Crippen molar-refractivity contribution in [2.45, 2.75) is 25.5 Å². The molecule has 1 heterocycles. The van der Waals surface area contributed by atoms with E-state index in [1.165, 1.54) is 11.0 Å². The highest BCUT2D eigenvalue weighted by Crippen LogP contribution is 2.19. The summed E-state index contributed by atoms with van der Waals surface area (Å²) in [6.45, 7) is 1.35. The van der Waals surface area contributed by atoms with Crippen LogP contribution in [0.4, 0.5) is 9.18 Å². The molecule has 1 aromatic rings. The summed E-state index contributed by atoms with van der Waals surface area (Å²) in [4.78, 5) is 13.1. The van der Waals surface area contributed by atoms with Gasteiger partial charge in [0.1, 0.15) is 11.9 Å². The fraction of sp³-hybridized carbons (Fsp3) is 0.462. The Morgan fingerprint density at radius 2 is 2.22 bits per heavy atom. The molecule has 0 radical (unpaired) electrons. The third-order valence-corrected chi connectivity index (χ3v) is 3.00. The van der Waals surface area contributed by atoms with Crippen molar-refractivity contribution in [1.29, 1.82) is 0 Å². The lowest BCUT2D eigenvalue weighted by molar-refractivity contribution is 0.127. The Hall–Kier alpha value is -1.62. The molecule has 1 unspecified atom stereocenters. The number of cyclic esters (lactones) is 1. The largest absolute Gasteiger partial charge is 0.444 e. The quantitative estimate of drug-likeness (QED) is 0.870. The predicted octanol–water partition coefficient (Wildman–Crippen LogP) is 1.89. The lowest BCUT2D eigenvalue weighted by Gasteiger charge is -2.13. The molecule has 1 amide bonds. The van der Waals surface area contributed by atoms with Crippen molar-refractivity contribution in [2.75, 3.05) is 13.1 Å². The molecule has 0 aromatic heterocycles. The second-order valence-corrected chi connectivity index (χ2v) is 4.41. The molecular formula is C13H17FN2O2. The number of hydrogen-bond acceptors (Lipinski definition) is 3. The normalized spacial score (nSPS) is 19.1. The maximum Gasteiger partial charge on any atom is 0.410 e. The number of rotatable bonds is 5. The summed E-state index contributed by atoms with van der Waals surface area (Å²) in [6, 6.07) is 6.45. The Morgan fingerprint density at radius 1 is 1.44 bits per heavy atom. The minimum atomic E-state index is -0.375. The van der Waals surface area contributed by atoms with Crippen LogP contribution in [0.3, 0.4) is 0 Å². The SMILES string of the molecule is NCCCC1CN(Cc2ccccc2F)C(=O)O1. The minimum absolute atomic E-state index is 0.118. The van der Waals surface area contributed by atoms with E-state index in [4.69, 9.17) is 10.5 Å². The van der Waals surface area contributed by atoms with Gasteiger partial charge in [0.2, 0.25) is 0 Å². The molecule has 18 heavy (non-hydrogen) atoms.